The largest absolute Gasteiger partial charge is 0.395 e. The molecule has 1 heterocycles. The molecule has 1 fully saturated rings. The minimum atomic E-state index is -0.0578. The first kappa shape index (κ1) is 15.0. The third-order valence-corrected chi connectivity index (χ3v) is 3.91. The van der Waals surface area contributed by atoms with E-state index in [2.05, 4.69) is 28.2 Å². The molecule has 0 bridgehead atoms. The van der Waals surface area contributed by atoms with E-state index in [-0.39, 0.29) is 18.6 Å². The molecule has 2 rings (SSSR count). The van der Waals surface area contributed by atoms with Crippen LogP contribution in [0.2, 0.25) is 0 Å². The SMILES string of the molecule is CNC(=O)c1cccc(C2CN(CCO)CCN2C)c1. The summed E-state index contributed by atoms with van der Waals surface area (Å²) >= 11 is 0. The highest BCUT2D eigenvalue weighted by Crippen LogP contribution is 2.24. The van der Waals surface area contributed by atoms with Crippen molar-refractivity contribution in [1.29, 1.82) is 0 Å². The highest BCUT2D eigenvalue weighted by Gasteiger charge is 2.25. The van der Waals surface area contributed by atoms with E-state index in [1.54, 1.807) is 7.05 Å². The fourth-order valence-corrected chi connectivity index (χ4v) is 2.67. The van der Waals surface area contributed by atoms with E-state index in [0.29, 0.717) is 12.1 Å². The van der Waals surface area contributed by atoms with Crippen molar-refractivity contribution in [3.05, 3.63) is 35.4 Å². The average Bonchev–Trinajstić information content (AvgIpc) is 2.49. The number of hydrogen-bond donors (Lipinski definition) is 2. The lowest BCUT2D eigenvalue weighted by atomic mass is 10.00. The Morgan fingerprint density at radius 1 is 1.45 bits per heavy atom. The van der Waals surface area contributed by atoms with Gasteiger partial charge in [0.1, 0.15) is 0 Å². The van der Waals surface area contributed by atoms with Gasteiger partial charge in [-0.05, 0) is 24.7 Å². The van der Waals surface area contributed by atoms with Crippen molar-refractivity contribution in [3.63, 3.8) is 0 Å². The molecule has 1 aliphatic heterocycles. The summed E-state index contributed by atoms with van der Waals surface area (Å²) in [7, 11) is 3.75. The number of carbonyl (C=O) groups excluding carboxylic acids is 1. The summed E-state index contributed by atoms with van der Waals surface area (Å²) in [6, 6.07) is 8.05. The summed E-state index contributed by atoms with van der Waals surface area (Å²) in [6.07, 6.45) is 0. The van der Waals surface area contributed by atoms with E-state index >= 15 is 0 Å². The Kier molecular flexibility index (Phi) is 5.11. The zero-order chi connectivity index (χ0) is 14.5. The van der Waals surface area contributed by atoms with Gasteiger partial charge in [0.2, 0.25) is 0 Å². The van der Waals surface area contributed by atoms with Crippen LogP contribution < -0.4 is 5.32 Å². The number of piperazine rings is 1. The van der Waals surface area contributed by atoms with Gasteiger partial charge in [-0.25, -0.2) is 0 Å². The maximum absolute atomic E-state index is 11.7. The zero-order valence-electron chi connectivity index (χ0n) is 12.2. The monoisotopic (exact) mass is 277 g/mol. The molecular weight excluding hydrogens is 254 g/mol. The molecule has 5 heteroatoms. The van der Waals surface area contributed by atoms with Gasteiger partial charge in [-0.15, -0.1) is 0 Å². The summed E-state index contributed by atoms with van der Waals surface area (Å²) in [5, 5.41) is 11.7. The number of aliphatic hydroxyl groups is 1. The predicted octanol–water partition coefficient (Wildman–Crippen LogP) is 0.327. The Labute approximate surface area is 120 Å². The highest BCUT2D eigenvalue weighted by molar-refractivity contribution is 5.94. The Balaban J connectivity index is 2.18. The predicted molar refractivity (Wildman–Crippen MR) is 78.7 cm³/mol. The summed E-state index contributed by atoms with van der Waals surface area (Å²) in [6.45, 7) is 3.72. The van der Waals surface area contributed by atoms with Crippen molar-refractivity contribution in [2.75, 3.05) is 46.9 Å². The Morgan fingerprint density at radius 2 is 2.25 bits per heavy atom. The van der Waals surface area contributed by atoms with Crippen LogP contribution in [0.4, 0.5) is 0 Å². The quantitative estimate of drug-likeness (QED) is 0.832. The molecule has 1 aromatic carbocycles. The van der Waals surface area contributed by atoms with Crippen LogP contribution in [0.15, 0.2) is 24.3 Å². The van der Waals surface area contributed by atoms with Crippen molar-refractivity contribution in [1.82, 2.24) is 15.1 Å². The maximum Gasteiger partial charge on any atom is 0.251 e. The molecule has 0 aliphatic carbocycles. The van der Waals surface area contributed by atoms with Crippen molar-refractivity contribution in [2.24, 2.45) is 0 Å². The second-order valence-electron chi connectivity index (χ2n) is 5.23. The van der Waals surface area contributed by atoms with Crippen LogP contribution in [0.25, 0.3) is 0 Å². The number of likely N-dealkylation sites (N-methyl/N-ethyl adjacent to an activating group) is 1. The number of amides is 1. The number of rotatable bonds is 4. The van der Waals surface area contributed by atoms with Crippen molar-refractivity contribution in [3.8, 4) is 0 Å². The first-order valence-corrected chi connectivity index (χ1v) is 7.01. The highest BCUT2D eigenvalue weighted by atomic mass is 16.3. The number of benzene rings is 1. The lowest BCUT2D eigenvalue weighted by Crippen LogP contribution is -2.47. The van der Waals surface area contributed by atoms with E-state index in [0.717, 1.165) is 25.2 Å². The van der Waals surface area contributed by atoms with Crippen molar-refractivity contribution < 1.29 is 9.90 Å². The minimum absolute atomic E-state index is 0.0578. The van der Waals surface area contributed by atoms with Gasteiger partial charge in [0, 0.05) is 44.8 Å². The third-order valence-electron chi connectivity index (χ3n) is 3.91. The van der Waals surface area contributed by atoms with Gasteiger partial charge >= 0.3 is 0 Å². The second-order valence-corrected chi connectivity index (χ2v) is 5.23. The van der Waals surface area contributed by atoms with Crippen LogP contribution in [0.3, 0.4) is 0 Å². The van der Waals surface area contributed by atoms with Crippen LogP contribution in [0.5, 0.6) is 0 Å². The number of nitrogens with one attached hydrogen (secondary N) is 1. The van der Waals surface area contributed by atoms with Gasteiger partial charge in [-0.3, -0.25) is 14.6 Å². The molecular formula is C15H23N3O2. The summed E-state index contributed by atoms with van der Waals surface area (Å²) in [5.74, 6) is -0.0578. The Morgan fingerprint density at radius 3 is 2.95 bits per heavy atom. The number of nitrogens with zero attached hydrogens (tertiary/aromatic N) is 2. The second kappa shape index (κ2) is 6.83. The Hall–Kier alpha value is -1.43. The van der Waals surface area contributed by atoms with E-state index in [9.17, 15) is 4.79 Å². The van der Waals surface area contributed by atoms with Crippen molar-refractivity contribution in [2.45, 2.75) is 6.04 Å². The van der Waals surface area contributed by atoms with Gasteiger partial charge in [0.15, 0.2) is 0 Å². The zero-order valence-corrected chi connectivity index (χ0v) is 12.2. The van der Waals surface area contributed by atoms with Gasteiger partial charge in [0.05, 0.1) is 6.61 Å². The van der Waals surface area contributed by atoms with Crippen LogP contribution in [0, 0.1) is 0 Å². The molecule has 1 aromatic rings. The number of β-amino-alcohol motifs (C(OH)–C–C–N with tert-alkyl or cyclic N) is 1. The molecule has 0 saturated carbocycles. The smallest absolute Gasteiger partial charge is 0.251 e. The molecule has 1 amide bonds. The molecule has 1 unspecified atom stereocenters. The third kappa shape index (κ3) is 3.36. The molecule has 1 atom stereocenters. The normalized spacial score (nSPS) is 20.9. The molecule has 5 nitrogen and oxygen atoms in total. The van der Waals surface area contributed by atoms with Crippen LogP contribution >= 0.6 is 0 Å². The van der Waals surface area contributed by atoms with Crippen LogP contribution in [0.1, 0.15) is 22.0 Å². The molecule has 1 saturated heterocycles. The summed E-state index contributed by atoms with van der Waals surface area (Å²) in [4.78, 5) is 16.3. The molecule has 110 valence electrons. The lowest BCUT2D eigenvalue weighted by Gasteiger charge is -2.39. The van der Waals surface area contributed by atoms with Crippen LogP contribution in [-0.2, 0) is 0 Å². The first-order valence-electron chi connectivity index (χ1n) is 7.01. The van der Waals surface area contributed by atoms with E-state index in [1.165, 1.54) is 0 Å². The minimum Gasteiger partial charge on any atom is -0.395 e. The van der Waals surface area contributed by atoms with E-state index in [1.807, 2.05) is 18.2 Å². The number of aliphatic hydroxyl groups excluding tert-OH is 1. The van der Waals surface area contributed by atoms with Gasteiger partial charge in [0.25, 0.3) is 5.91 Å². The average molecular weight is 277 g/mol. The van der Waals surface area contributed by atoms with Gasteiger partial charge in [-0.2, -0.15) is 0 Å². The maximum atomic E-state index is 11.7. The van der Waals surface area contributed by atoms with Crippen molar-refractivity contribution >= 4 is 5.91 Å². The van der Waals surface area contributed by atoms with E-state index in [4.69, 9.17) is 5.11 Å². The Bertz CT molecular complexity index is 464. The topological polar surface area (TPSA) is 55.8 Å². The van der Waals surface area contributed by atoms with Gasteiger partial charge in [-0.1, -0.05) is 12.1 Å². The van der Waals surface area contributed by atoms with E-state index < -0.39 is 0 Å². The molecule has 0 radical (unpaired) electrons. The molecule has 1 aliphatic rings. The first-order chi connectivity index (χ1) is 9.65. The molecule has 0 aromatic heterocycles. The summed E-state index contributed by atoms with van der Waals surface area (Å²) < 4.78 is 0. The van der Waals surface area contributed by atoms with Crippen LogP contribution in [-0.4, -0.2) is 67.7 Å². The molecule has 20 heavy (non-hydrogen) atoms. The fourth-order valence-electron chi connectivity index (χ4n) is 2.67. The lowest BCUT2D eigenvalue weighted by molar-refractivity contribution is 0.0810. The summed E-state index contributed by atoms with van der Waals surface area (Å²) in [5.41, 5.74) is 1.84. The van der Waals surface area contributed by atoms with Gasteiger partial charge < -0.3 is 10.4 Å². The fraction of sp³-hybridized carbons (Fsp3) is 0.533. The number of hydrogen-bond acceptors (Lipinski definition) is 4. The molecule has 2 N–H and O–H groups in total. The molecule has 0 spiro atoms. The standard InChI is InChI=1S/C15H23N3O2/c1-16-15(20)13-5-3-4-12(10-13)14-11-18(8-9-19)7-6-17(14)2/h3-5,10,14,19H,6-9,11H2,1-2H3,(H,16,20). The number of carbonyl (C=O) groups is 1.